The molecule has 30 heavy (non-hydrogen) atoms. The number of nitrogens with one attached hydrogen (secondary N) is 2. The molecule has 0 fully saturated rings. The molecule has 164 valence electrons. The summed E-state index contributed by atoms with van der Waals surface area (Å²) in [6.07, 6.45) is 7.98. The van der Waals surface area contributed by atoms with Crippen molar-refractivity contribution in [2.45, 2.75) is 53.5 Å². The SMILES string of the molecule is CCCCNc1ccc(/C=C/c2ccc(N(C)C)cc2)cc1CNCC(C)(C)CC. The Balaban J connectivity index is 2.12. The fraction of sp³-hybridized carbons (Fsp3) is 0.481. The molecule has 0 atom stereocenters. The maximum Gasteiger partial charge on any atom is 0.0386 e. The predicted molar refractivity (Wildman–Crippen MR) is 135 cm³/mol. The van der Waals surface area contributed by atoms with E-state index in [2.05, 4.69) is 112 Å². The highest BCUT2D eigenvalue weighted by atomic mass is 15.1. The molecule has 0 amide bonds. The average molecular weight is 408 g/mol. The molecule has 0 heterocycles. The Bertz CT molecular complexity index is 788. The zero-order valence-electron chi connectivity index (χ0n) is 19.9. The van der Waals surface area contributed by atoms with E-state index < -0.39 is 0 Å². The fourth-order valence-electron chi connectivity index (χ4n) is 3.17. The minimum absolute atomic E-state index is 0.325. The molecule has 0 unspecified atom stereocenters. The molecule has 0 saturated carbocycles. The van der Waals surface area contributed by atoms with Gasteiger partial charge in [-0.05, 0) is 59.2 Å². The molecule has 0 spiro atoms. The maximum absolute atomic E-state index is 3.67. The summed E-state index contributed by atoms with van der Waals surface area (Å²) in [7, 11) is 4.14. The van der Waals surface area contributed by atoms with Gasteiger partial charge in [-0.15, -0.1) is 0 Å². The van der Waals surface area contributed by atoms with Gasteiger partial charge in [0.2, 0.25) is 0 Å². The van der Waals surface area contributed by atoms with Gasteiger partial charge in [-0.25, -0.2) is 0 Å². The third-order valence-electron chi connectivity index (χ3n) is 5.73. The molecule has 0 aliphatic heterocycles. The van der Waals surface area contributed by atoms with Gasteiger partial charge in [0.1, 0.15) is 0 Å². The van der Waals surface area contributed by atoms with Crippen LogP contribution in [0, 0.1) is 5.41 Å². The molecular weight excluding hydrogens is 366 g/mol. The molecule has 2 aromatic rings. The molecule has 0 aliphatic carbocycles. The highest BCUT2D eigenvalue weighted by Crippen LogP contribution is 2.22. The lowest BCUT2D eigenvalue weighted by Crippen LogP contribution is -2.28. The van der Waals surface area contributed by atoms with Crippen molar-refractivity contribution >= 4 is 23.5 Å². The van der Waals surface area contributed by atoms with Crippen LogP contribution in [0.1, 0.15) is 63.6 Å². The number of nitrogens with zero attached hydrogens (tertiary/aromatic N) is 1. The highest BCUT2D eigenvalue weighted by molar-refractivity contribution is 5.72. The van der Waals surface area contributed by atoms with Crippen LogP contribution < -0.4 is 15.5 Å². The van der Waals surface area contributed by atoms with E-state index in [1.54, 1.807) is 0 Å². The minimum Gasteiger partial charge on any atom is -0.385 e. The second-order valence-corrected chi connectivity index (χ2v) is 9.14. The third-order valence-corrected chi connectivity index (χ3v) is 5.73. The lowest BCUT2D eigenvalue weighted by atomic mass is 9.90. The predicted octanol–water partition coefficient (Wildman–Crippen LogP) is 6.66. The quantitative estimate of drug-likeness (QED) is 0.304. The Morgan fingerprint density at radius 2 is 1.60 bits per heavy atom. The summed E-state index contributed by atoms with van der Waals surface area (Å²) in [5.74, 6) is 0. The summed E-state index contributed by atoms with van der Waals surface area (Å²) >= 11 is 0. The maximum atomic E-state index is 3.67. The van der Waals surface area contributed by atoms with Crippen LogP contribution in [0.15, 0.2) is 42.5 Å². The first-order chi connectivity index (χ1) is 14.3. The standard InChI is InChI=1S/C27H41N3/c1-7-9-18-29-26-17-14-23(19-24(26)20-28-21-27(3,4)8-2)11-10-22-12-15-25(16-13-22)30(5)6/h10-17,19,28-29H,7-9,18,20-21H2,1-6H3/b11-10+. The van der Waals surface area contributed by atoms with Gasteiger partial charge in [-0.2, -0.15) is 0 Å². The molecule has 0 aliphatic rings. The monoisotopic (exact) mass is 407 g/mol. The van der Waals surface area contributed by atoms with Crippen LogP contribution in [0.2, 0.25) is 0 Å². The number of unbranched alkanes of at least 4 members (excludes halogenated alkanes) is 1. The van der Waals surface area contributed by atoms with E-state index in [0.29, 0.717) is 5.41 Å². The first-order valence-corrected chi connectivity index (χ1v) is 11.4. The molecule has 0 bridgehead atoms. The van der Waals surface area contributed by atoms with Crippen LogP contribution in [0.25, 0.3) is 12.2 Å². The smallest absolute Gasteiger partial charge is 0.0386 e. The summed E-state index contributed by atoms with van der Waals surface area (Å²) in [4.78, 5) is 2.12. The number of hydrogen-bond donors (Lipinski definition) is 2. The van der Waals surface area contributed by atoms with Crippen molar-refractivity contribution in [3.63, 3.8) is 0 Å². The van der Waals surface area contributed by atoms with Crippen molar-refractivity contribution in [3.8, 4) is 0 Å². The average Bonchev–Trinajstić information content (AvgIpc) is 2.73. The van der Waals surface area contributed by atoms with E-state index in [4.69, 9.17) is 0 Å². The van der Waals surface area contributed by atoms with Gasteiger partial charge in [0, 0.05) is 45.1 Å². The number of benzene rings is 2. The summed E-state index contributed by atoms with van der Waals surface area (Å²) in [5, 5.41) is 7.30. The molecular formula is C27H41N3. The number of hydrogen-bond acceptors (Lipinski definition) is 3. The Labute approximate surface area is 184 Å². The van der Waals surface area contributed by atoms with Crippen LogP contribution in [0.5, 0.6) is 0 Å². The third kappa shape index (κ3) is 7.87. The molecule has 3 nitrogen and oxygen atoms in total. The lowest BCUT2D eigenvalue weighted by Gasteiger charge is -2.23. The Hall–Kier alpha value is -2.26. The molecule has 2 aromatic carbocycles. The van der Waals surface area contributed by atoms with Crippen molar-refractivity contribution in [1.82, 2.24) is 5.32 Å². The van der Waals surface area contributed by atoms with Crippen molar-refractivity contribution in [2.24, 2.45) is 5.41 Å². The largest absolute Gasteiger partial charge is 0.385 e. The van der Waals surface area contributed by atoms with E-state index in [9.17, 15) is 0 Å². The molecule has 0 radical (unpaired) electrons. The van der Waals surface area contributed by atoms with Gasteiger partial charge in [-0.3, -0.25) is 0 Å². The van der Waals surface area contributed by atoms with Gasteiger partial charge in [-0.1, -0.05) is 64.5 Å². The molecule has 3 heteroatoms. The van der Waals surface area contributed by atoms with Gasteiger partial charge < -0.3 is 15.5 Å². The molecule has 0 aromatic heterocycles. The van der Waals surface area contributed by atoms with E-state index in [-0.39, 0.29) is 0 Å². The molecule has 2 rings (SSSR count). The summed E-state index contributed by atoms with van der Waals surface area (Å²) < 4.78 is 0. The van der Waals surface area contributed by atoms with Crippen LogP contribution >= 0.6 is 0 Å². The van der Waals surface area contributed by atoms with Crippen molar-refractivity contribution in [1.29, 1.82) is 0 Å². The molecule has 2 N–H and O–H groups in total. The number of rotatable bonds is 12. The van der Waals surface area contributed by atoms with Crippen LogP contribution in [0.3, 0.4) is 0 Å². The first-order valence-electron chi connectivity index (χ1n) is 11.4. The zero-order chi connectivity index (χ0) is 22.0. The van der Waals surface area contributed by atoms with Crippen molar-refractivity contribution < 1.29 is 0 Å². The summed E-state index contributed by atoms with van der Waals surface area (Å²) in [6, 6.07) is 15.4. The van der Waals surface area contributed by atoms with Crippen molar-refractivity contribution in [3.05, 3.63) is 59.2 Å². The van der Waals surface area contributed by atoms with Crippen molar-refractivity contribution in [2.75, 3.05) is 37.4 Å². The normalized spacial score (nSPS) is 11.8. The Kier molecular flexibility index (Phi) is 9.45. The molecule has 0 saturated heterocycles. The second-order valence-electron chi connectivity index (χ2n) is 9.14. The Morgan fingerprint density at radius 1 is 0.933 bits per heavy atom. The van der Waals surface area contributed by atoms with Crippen LogP contribution in [-0.4, -0.2) is 27.2 Å². The summed E-state index contributed by atoms with van der Waals surface area (Å²) in [6.45, 7) is 12.1. The van der Waals surface area contributed by atoms with E-state index in [1.165, 1.54) is 47.3 Å². The fourth-order valence-corrected chi connectivity index (χ4v) is 3.17. The van der Waals surface area contributed by atoms with Crippen LogP contribution in [0.4, 0.5) is 11.4 Å². The topological polar surface area (TPSA) is 27.3 Å². The zero-order valence-corrected chi connectivity index (χ0v) is 19.9. The first kappa shape index (κ1) is 24.0. The van der Waals surface area contributed by atoms with Gasteiger partial charge in [0.15, 0.2) is 0 Å². The van der Waals surface area contributed by atoms with E-state index in [0.717, 1.165) is 19.6 Å². The van der Waals surface area contributed by atoms with E-state index >= 15 is 0 Å². The van der Waals surface area contributed by atoms with Gasteiger partial charge in [0.25, 0.3) is 0 Å². The van der Waals surface area contributed by atoms with Gasteiger partial charge in [0.05, 0.1) is 0 Å². The lowest BCUT2D eigenvalue weighted by molar-refractivity contribution is 0.328. The van der Waals surface area contributed by atoms with Crippen LogP contribution in [-0.2, 0) is 6.54 Å². The minimum atomic E-state index is 0.325. The number of anilines is 2. The second kappa shape index (κ2) is 11.8. The van der Waals surface area contributed by atoms with Gasteiger partial charge >= 0.3 is 0 Å². The van der Waals surface area contributed by atoms with E-state index in [1.807, 2.05) is 0 Å². The summed E-state index contributed by atoms with van der Waals surface area (Å²) in [5.41, 5.74) is 6.58. The highest BCUT2D eigenvalue weighted by Gasteiger charge is 2.14. The Morgan fingerprint density at radius 3 is 2.23 bits per heavy atom.